The second-order valence-corrected chi connectivity index (χ2v) is 4.47. The predicted octanol–water partition coefficient (Wildman–Crippen LogP) is 2.94. The Morgan fingerprint density at radius 1 is 1.20 bits per heavy atom. The molecule has 0 aromatic heterocycles. The van der Waals surface area contributed by atoms with Gasteiger partial charge in [0, 0.05) is 0 Å². The normalized spacial score (nSPS) is 17.0. The maximum Gasteiger partial charge on any atom is 0.235 e. The lowest BCUT2D eigenvalue weighted by Crippen LogP contribution is -2.04. The Balaban J connectivity index is 2.51. The Bertz CT molecular complexity index is 429. The Morgan fingerprint density at radius 2 is 1.73 bits per heavy atom. The molecule has 1 aliphatic rings. The maximum atomic E-state index is 10.4. The van der Waals surface area contributed by atoms with Gasteiger partial charge in [0.25, 0.3) is 0 Å². The largest absolute Gasteiger partial charge is 0.235 e. The van der Waals surface area contributed by atoms with E-state index in [1.165, 1.54) is 22.3 Å². The number of isocyanates is 1. The fraction of sp³-hybridized carbons (Fsp3) is 0.462. The van der Waals surface area contributed by atoms with Crippen LogP contribution in [0.3, 0.4) is 0 Å². The molecule has 0 unspecified atom stereocenters. The van der Waals surface area contributed by atoms with Gasteiger partial charge >= 0.3 is 0 Å². The molecule has 1 aromatic carbocycles. The lowest BCUT2D eigenvalue weighted by Gasteiger charge is -2.13. The Labute approximate surface area is 90.0 Å². The van der Waals surface area contributed by atoms with Gasteiger partial charge in [0.05, 0.1) is 5.54 Å². The zero-order chi connectivity index (χ0) is 11.1. The number of rotatable bonds is 2. The summed E-state index contributed by atoms with van der Waals surface area (Å²) < 4.78 is 0. The van der Waals surface area contributed by atoms with Crippen molar-refractivity contribution in [2.45, 2.75) is 39.2 Å². The minimum absolute atomic E-state index is 0.231. The SMILES string of the molecule is Cc1cc(C2(N=C=O)CC2)cc(C)c1C. The standard InChI is InChI=1S/C13H15NO/c1-9-6-12(7-10(2)11(9)3)13(4-5-13)14-8-15/h6-7H,4-5H2,1-3H3. The third-order valence-corrected chi connectivity index (χ3v) is 3.45. The van der Waals surface area contributed by atoms with E-state index >= 15 is 0 Å². The molecule has 0 bridgehead atoms. The van der Waals surface area contributed by atoms with E-state index in [1.807, 2.05) is 0 Å². The van der Waals surface area contributed by atoms with Crippen LogP contribution in [-0.4, -0.2) is 6.08 Å². The summed E-state index contributed by atoms with van der Waals surface area (Å²) in [4.78, 5) is 14.3. The van der Waals surface area contributed by atoms with Crippen LogP contribution in [-0.2, 0) is 10.3 Å². The summed E-state index contributed by atoms with van der Waals surface area (Å²) in [6.45, 7) is 6.33. The smallest absolute Gasteiger partial charge is 0.211 e. The van der Waals surface area contributed by atoms with Crippen molar-refractivity contribution in [1.82, 2.24) is 0 Å². The number of aryl methyl sites for hydroxylation is 2. The van der Waals surface area contributed by atoms with E-state index in [4.69, 9.17) is 0 Å². The van der Waals surface area contributed by atoms with E-state index in [1.54, 1.807) is 6.08 Å². The molecule has 0 atom stereocenters. The van der Waals surface area contributed by atoms with Crippen LogP contribution in [0.1, 0.15) is 35.1 Å². The van der Waals surface area contributed by atoms with E-state index in [0.717, 1.165) is 12.8 Å². The first-order valence-electron chi connectivity index (χ1n) is 5.26. The average Bonchev–Trinajstić information content (AvgIpc) is 2.95. The van der Waals surface area contributed by atoms with Crippen LogP contribution in [0.4, 0.5) is 0 Å². The van der Waals surface area contributed by atoms with Gasteiger partial charge in [-0.2, -0.15) is 4.99 Å². The van der Waals surface area contributed by atoms with E-state index in [0.29, 0.717) is 0 Å². The molecule has 1 aliphatic carbocycles. The minimum atomic E-state index is -0.231. The van der Waals surface area contributed by atoms with Gasteiger partial charge in [0.2, 0.25) is 6.08 Å². The van der Waals surface area contributed by atoms with Gasteiger partial charge in [-0.3, -0.25) is 0 Å². The summed E-state index contributed by atoms with van der Waals surface area (Å²) in [6.07, 6.45) is 3.65. The Hall–Kier alpha value is -1.40. The first-order chi connectivity index (χ1) is 7.09. The van der Waals surface area contributed by atoms with Crippen molar-refractivity contribution in [3.05, 3.63) is 34.4 Å². The second kappa shape index (κ2) is 3.32. The number of hydrogen-bond acceptors (Lipinski definition) is 2. The van der Waals surface area contributed by atoms with Crippen molar-refractivity contribution in [3.63, 3.8) is 0 Å². The highest BCUT2D eigenvalue weighted by atomic mass is 16.1. The maximum absolute atomic E-state index is 10.4. The molecular formula is C13H15NO. The molecule has 1 aromatic rings. The van der Waals surface area contributed by atoms with Crippen molar-refractivity contribution in [3.8, 4) is 0 Å². The molecule has 0 spiro atoms. The van der Waals surface area contributed by atoms with Crippen LogP contribution in [0.15, 0.2) is 17.1 Å². The molecule has 2 heteroatoms. The van der Waals surface area contributed by atoms with Gasteiger partial charge in [-0.05, 0) is 55.9 Å². The number of benzene rings is 1. The highest BCUT2D eigenvalue weighted by molar-refractivity contribution is 5.45. The molecule has 0 aliphatic heterocycles. The topological polar surface area (TPSA) is 29.4 Å². The van der Waals surface area contributed by atoms with Crippen molar-refractivity contribution < 1.29 is 4.79 Å². The number of aliphatic imine (C=N–C) groups is 1. The zero-order valence-electron chi connectivity index (χ0n) is 9.42. The molecule has 0 amide bonds. The van der Waals surface area contributed by atoms with Gasteiger partial charge in [0.1, 0.15) is 0 Å². The summed E-state index contributed by atoms with van der Waals surface area (Å²) >= 11 is 0. The predicted molar refractivity (Wildman–Crippen MR) is 59.7 cm³/mol. The summed E-state index contributed by atoms with van der Waals surface area (Å²) in [6, 6.07) is 4.30. The molecule has 1 saturated carbocycles. The molecule has 2 rings (SSSR count). The third-order valence-electron chi connectivity index (χ3n) is 3.45. The van der Waals surface area contributed by atoms with Crippen molar-refractivity contribution >= 4 is 6.08 Å². The molecule has 78 valence electrons. The Morgan fingerprint density at radius 3 is 2.13 bits per heavy atom. The molecule has 0 N–H and O–H groups in total. The Kier molecular flexibility index (Phi) is 2.24. The summed E-state index contributed by atoms with van der Waals surface area (Å²) in [5, 5.41) is 0. The lowest BCUT2D eigenvalue weighted by molar-refractivity contribution is 0.556. The van der Waals surface area contributed by atoms with Crippen molar-refractivity contribution in [2.75, 3.05) is 0 Å². The number of carbonyl (C=O) groups excluding carboxylic acids is 1. The van der Waals surface area contributed by atoms with Crippen molar-refractivity contribution in [1.29, 1.82) is 0 Å². The second-order valence-electron chi connectivity index (χ2n) is 4.47. The molecule has 1 fully saturated rings. The van der Waals surface area contributed by atoms with Crippen LogP contribution in [0, 0.1) is 20.8 Å². The minimum Gasteiger partial charge on any atom is -0.211 e. The average molecular weight is 201 g/mol. The highest BCUT2D eigenvalue weighted by Gasteiger charge is 2.45. The first-order valence-corrected chi connectivity index (χ1v) is 5.26. The summed E-state index contributed by atoms with van der Waals surface area (Å²) in [5.41, 5.74) is 4.82. The monoisotopic (exact) mass is 201 g/mol. The highest BCUT2D eigenvalue weighted by Crippen LogP contribution is 2.49. The molecule has 2 nitrogen and oxygen atoms in total. The van der Waals surface area contributed by atoms with Crippen LogP contribution < -0.4 is 0 Å². The first kappa shape index (κ1) is 10.1. The number of hydrogen-bond donors (Lipinski definition) is 0. The molecule has 0 saturated heterocycles. The third kappa shape index (κ3) is 1.62. The molecule has 0 radical (unpaired) electrons. The van der Waals surface area contributed by atoms with Crippen LogP contribution in [0.5, 0.6) is 0 Å². The fourth-order valence-electron chi connectivity index (χ4n) is 1.98. The van der Waals surface area contributed by atoms with Crippen LogP contribution in [0.2, 0.25) is 0 Å². The van der Waals surface area contributed by atoms with Gasteiger partial charge in [-0.15, -0.1) is 0 Å². The molecule has 0 heterocycles. The van der Waals surface area contributed by atoms with E-state index in [-0.39, 0.29) is 5.54 Å². The van der Waals surface area contributed by atoms with Crippen LogP contribution >= 0.6 is 0 Å². The van der Waals surface area contributed by atoms with E-state index < -0.39 is 0 Å². The van der Waals surface area contributed by atoms with Gasteiger partial charge in [-0.25, -0.2) is 4.79 Å². The number of nitrogens with zero attached hydrogens (tertiary/aromatic N) is 1. The quantitative estimate of drug-likeness (QED) is 0.534. The van der Waals surface area contributed by atoms with Gasteiger partial charge < -0.3 is 0 Å². The molecular weight excluding hydrogens is 186 g/mol. The van der Waals surface area contributed by atoms with Crippen molar-refractivity contribution in [2.24, 2.45) is 4.99 Å². The van der Waals surface area contributed by atoms with E-state index in [9.17, 15) is 4.79 Å². The van der Waals surface area contributed by atoms with Crippen LogP contribution in [0.25, 0.3) is 0 Å². The lowest BCUT2D eigenvalue weighted by atomic mass is 9.96. The van der Waals surface area contributed by atoms with Gasteiger partial charge in [-0.1, -0.05) is 12.1 Å². The fourth-order valence-corrected chi connectivity index (χ4v) is 1.98. The summed E-state index contributed by atoms with van der Waals surface area (Å²) in [5.74, 6) is 0. The van der Waals surface area contributed by atoms with E-state index in [2.05, 4.69) is 37.9 Å². The molecule has 15 heavy (non-hydrogen) atoms. The van der Waals surface area contributed by atoms with Gasteiger partial charge in [0.15, 0.2) is 0 Å². The zero-order valence-corrected chi connectivity index (χ0v) is 9.42. The summed E-state index contributed by atoms with van der Waals surface area (Å²) in [7, 11) is 0.